The van der Waals surface area contributed by atoms with Gasteiger partial charge in [-0.1, -0.05) is 26.0 Å². The Balaban J connectivity index is 1.91. The van der Waals surface area contributed by atoms with Crippen molar-refractivity contribution in [1.29, 1.82) is 0 Å². The molecule has 2 amide bonds. The van der Waals surface area contributed by atoms with Crippen molar-refractivity contribution in [2.45, 2.75) is 38.3 Å². The molecule has 0 fully saturated rings. The van der Waals surface area contributed by atoms with Crippen LogP contribution in [0.5, 0.6) is 0 Å². The molecule has 1 aromatic heterocycles. The smallest absolute Gasteiger partial charge is 0.305 e. The van der Waals surface area contributed by atoms with Gasteiger partial charge in [-0.25, -0.2) is 12.8 Å². The highest BCUT2D eigenvalue weighted by molar-refractivity contribution is 7.89. The van der Waals surface area contributed by atoms with Gasteiger partial charge < -0.3 is 4.42 Å². The molecule has 0 aliphatic rings. The van der Waals surface area contributed by atoms with Crippen LogP contribution in [0.2, 0.25) is 0 Å². The molecule has 1 aromatic carbocycles. The SMILES string of the molecule is CCN(CC)Cc1ccc(C(=O)NNC(=O)[C@H](C)NS(=O)(=O)c2ccccc2F)o1. The Hall–Kier alpha value is -2.76. The lowest BCUT2D eigenvalue weighted by atomic mass is 10.3. The maximum Gasteiger partial charge on any atom is 0.305 e. The molecule has 0 saturated carbocycles. The average molecular weight is 440 g/mol. The third-order valence-electron chi connectivity index (χ3n) is 4.31. The third-order valence-corrected chi connectivity index (χ3v) is 5.88. The second kappa shape index (κ2) is 10.3. The second-order valence-electron chi connectivity index (χ2n) is 6.44. The maximum atomic E-state index is 13.7. The number of furan rings is 1. The van der Waals surface area contributed by atoms with E-state index in [4.69, 9.17) is 4.42 Å². The van der Waals surface area contributed by atoms with Gasteiger partial charge in [-0.2, -0.15) is 4.72 Å². The summed E-state index contributed by atoms with van der Waals surface area (Å²) < 4.78 is 45.7. The molecule has 30 heavy (non-hydrogen) atoms. The monoisotopic (exact) mass is 440 g/mol. The van der Waals surface area contributed by atoms with Gasteiger partial charge in [-0.15, -0.1) is 0 Å². The summed E-state index contributed by atoms with van der Waals surface area (Å²) in [6, 6.07) is 6.66. The number of hydrazine groups is 1. The Morgan fingerprint density at radius 1 is 1.10 bits per heavy atom. The highest BCUT2D eigenvalue weighted by Crippen LogP contribution is 2.14. The lowest BCUT2D eigenvalue weighted by Crippen LogP contribution is -2.51. The molecule has 0 saturated heterocycles. The number of amides is 2. The van der Waals surface area contributed by atoms with E-state index in [0.29, 0.717) is 12.3 Å². The number of hydrogen-bond acceptors (Lipinski definition) is 6. The van der Waals surface area contributed by atoms with E-state index >= 15 is 0 Å². The summed E-state index contributed by atoms with van der Waals surface area (Å²) in [7, 11) is -4.26. The summed E-state index contributed by atoms with van der Waals surface area (Å²) in [6.45, 7) is 7.48. The standard InChI is InChI=1S/C19H25FN4O5S/c1-4-24(5-2)12-14-10-11-16(29-14)19(26)22-21-18(25)13(3)23-30(27,28)17-9-7-6-8-15(17)20/h6-11,13,23H,4-5,12H2,1-3H3,(H,21,25)(H,22,26)/t13-/m0/s1. The van der Waals surface area contributed by atoms with Gasteiger partial charge in [0.25, 0.3) is 5.91 Å². The number of carbonyl (C=O) groups excluding carboxylic acids is 2. The average Bonchev–Trinajstić information content (AvgIpc) is 3.18. The lowest BCUT2D eigenvalue weighted by molar-refractivity contribution is -0.123. The summed E-state index contributed by atoms with van der Waals surface area (Å²) >= 11 is 0. The van der Waals surface area contributed by atoms with Crippen molar-refractivity contribution in [2.24, 2.45) is 0 Å². The second-order valence-corrected chi connectivity index (χ2v) is 8.13. The van der Waals surface area contributed by atoms with Gasteiger partial charge in [0.15, 0.2) is 5.76 Å². The first-order chi connectivity index (χ1) is 14.2. The van der Waals surface area contributed by atoms with Gasteiger partial charge in [-0.3, -0.25) is 25.3 Å². The van der Waals surface area contributed by atoms with Crippen LogP contribution in [0.25, 0.3) is 0 Å². The van der Waals surface area contributed by atoms with Crippen LogP contribution in [-0.2, 0) is 21.4 Å². The minimum Gasteiger partial charge on any atom is -0.454 e. The molecule has 3 N–H and O–H groups in total. The van der Waals surface area contributed by atoms with E-state index in [1.807, 2.05) is 13.8 Å². The van der Waals surface area contributed by atoms with Crippen molar-refractivity contribution in [3.63, 3.8) is 0 Å². The van der Waals surface area contributed by atoms with Crippen molar-refractivity contribution >= 4 is 21.8 Å². The van der Waals surface area contributed by atoms with E-state index in [0.717, 1.165) is 25.2 Å². The van der Waals surface area contributed by atoms with Crippen molar-refractivity contribution in [3.05, 3.63) is 53.7 Å². The third kappa shape index (κ3) is 6.12. The molecule has 9 nitrogen and oxygen atoms in total. The topological polar surface area (TPSA) is 121 Å². The van der Waals surface area contributed by atoms with Gasteiger partial charge in [0.2, 0.25) is 10.0 Å². The fourth-order valence-electron chi connectivity index (χ4n) is 2.55. The van der Waals surface area contributed by atoms with Gasteiger partial charge in [0, 0.05) is 0 Å². The molecule has 1 atom stereocenters. The Kier molecular flexibility index (Phi) is 8.09. The quantitative estimate of drug-likeness (QED) is 0.507. The zero-order valence-corrected chi connectivity index (χ0v) is 17.8. The van der Waals surface area contributed by atoms with Crippen LogP contribution in [0.15, 0.2) is 45.7 Å². The fraction of sp³-hybridized carbons (Fsp3) is 0.368. The van der Waals surface area contributed by atoms with E-state index in [-0.39, 0.29) is 5.76 Å². The number of hydrogen-bond donors (Lipinski definition) is 3. The molecular formula is C19H25FN4O5S. The number of benzene rings is 1. The van der Waals surface area contributed by atoms with Gasteiger partial charge in [-0.05, 0) is 44.3 Å². The first kappa shape index (κ1) is 23.5. The summed E-state index contributed by atoms with van der Waals surface area (Å²) in [6.07, 6.45) is 0. The first-order valence-electron chi connectivity index (χ1n) is 9.36. The number of sulfonamides is 1. The summed E-state index contributed by atoms with van der Waals surface area (Å²) in [5.74, 6) is -1.88. The van der Waals surface area contributed by atoms with Gasteiger partial charge >= 0.3 is 5.91 Å². The number of nitrogens with zero attached hydrogens (tertiary/aromatic N) is 1. The molecule has 0 aliphatic carbocycles. The zero-order chi connectivity index (χ0) is 22.3. The number of carbonyl (C=O) groups is 2. The maximum absolute atomic E-state index is 13.7. The van der Waals surface area contributed by atoms with Gasteiger partial charge in [0.05, 0.1) is 12.6 Å². The first-order valence-corrected chi connectivity index (χ1v) is 10.8. The Labute approximate surface area is 174 Å². The number of nitrogens with one attached hydrogen (secondary N) is 3. The van der Waals surface area contributed by atoms with Crippen molar-refractivity contribution in [1.82, 2.24) is 20.5 Å². The van der Waals surface area contributed by atoms with Gasteiger partial charge in [0.1, 0.15) is 16.5 Å². The van der Waals surface area contributed by atoms with Crippen LogP contribution >= 0.6 is 0 Å². The minimum atomic E-state index is -4.26. The molecule has 11 heteroatoms. The number of rotatable bonds is 9. The van der Waals surface area contributed by atoms with Crippen LogP contribution in [0.3, 0.4) is 0 Å². The lowest BCUT2D eigenvalue weighted by Gasteiger charge is -2.16. The molecule has 0 radical (unpaired) electrons. The van der Waals surface area contributed by atoms with Crippen molar-refractivity contribution < 1.29 is 26.8 Å². The van der Waals surface area contributed by atoms with E-state index in [1.54, 1.807) is 6.07 Å². The van der Waals surface area contributed by atoms with Crippen LogP contribution in [0, 0.1) is 5.82 Å². The largest absolute Gasteiger partial charge is 0.454 e. The molecule has 0 aliphatic heterocycles. The number of halogens is 1. The van der Waals surface area contributed by atoms with E-state index in [1.165, 1.54) is 25.1 Å². The normalized spacial score (nSPS) is 12.6. The molecular weight excluding hydrogens is 415 g/mol. The highest BCUT2D eigenvalue weighted by atomic mass is 32.2. The molecule has 164 valence electrons. The van der Waals surface area contributed by atoms with Crippen LogP contribution in [-0.4, -0.2) is 44.3 Å². The molecule has 0 spiro atoms. The predicted molar refractivity (Wildman–Crippen MR) is 107 cm³/mol. The van der Waals surface area contributed by atoms with Crippen molar-refractivity contribution in [3.8, 4) is 0 Å². The van der Waals surface area contributed by atoms with Crippen LogP contribution in [0.1, 0.15) is 37.1 Å². The van der Waals surface area contributed by atoms with Crippen LogP contribution < -0.4 is 15.6 Å². The Morgan fingerprint density at radius 3 is 2.40 bits per heavy atom. The molecule has 2 rings (SSSR count). The molecule has 2 aromatic rings. The predicted octanol–water partition coefficient (Wildman–Crippen LogP) is 1.39. The Bertz CT molecular complexity index is 988. The summed E-state index contributed by atoms with van der Waals surface area (Å²) in [5.41, 5.74) is 4.27. The summed E-state index contributed by atoms with van der Waals surface area (Å²) in [5, 5.41) is 0. The van der Waals surface area contributed by atoms with Crippen LogP contribution in [0.4, 0.5) is 4.39 Å². The molecule has 0 unspecified atom stereocenters. The zero-order valence-electron chi connectivity index (χ0n) is 16.9. The van der Waals surface area contributed by atoms with E-state index in [9.17, 15) is 22.4 Å². The van der Waals surface area contributed by atoms with E-state index in [2.05, 4.69) is 20.5 Å². The minimum absolute atomic E-state index is 0.00273. The van der Waals surface area contributed by atoms with E-state index < -0.39 is 38.6 Å². The highest BCUT2D eigenvalue weighted by Gasteiger charge is 2.25. The molecule has 0 bridgehead atoms. The fourth-order valence-corrected chi connectivity index (χ4v) is 3.84. The Morgan fingerprint density at radius 2 is 1.77 bits per heavy atom. The van der Waals surface area contributed by atoms with Crippen molar-refractivity contribution in [2.75, 3.05) is 13.1 Å². The summed E-state index contributed by atoms with van der Waals surface area (Å²) in [4.78, 5) is 25.8. The molecule has 1 heterocycles.